The maximum atomic E-state index is 12.3. The van der Waals surface area contributed by atoms with E-state index in [2.05, 4.69) is 15.4 Å². The van der Waals surface area contributed by atoms with E-state index in [1.54, 1.807) is 18.2 Å². The highest BCUT2D eigenvalue weighted by molar-refractivity contribution is 5.85. The van der Waals surface area contributed by atoms with Gasteiger partial charge in [-0.2, -0.15) is 8.78 Å². The van der Waals surface area contributed by atoms with Crippen LogP contribution in [0.5, 0.6) is 5.75 Å². The number of rotatable bonds is 4. The zero-order valence-electron chi connectivity index (χ0n) is 12.7. The number of carbonyl (C=O) groups is 1. The molecule has 2 aliphatic rings. The van der Waals surface area contributed by atoms with Crippen molar-refractivity contribution >= 4 is 18.3 Å². The first kappa shape index (κ1) is 17.9. The highest BCUT2D eigenvalue weighted by Crippen LogP contribution is 2.33. The first-order chi connectivity index (χ1) is 10.6. The second kappa shape index (κ2) is 7.93. The average molecular weight is 347 g/mol. The van der Waals surface area contributed by atoms with Crippen molar-refractivity contribution in [2.24, 2.45) is 5.92 Å². The Labute approximate surface area is 140 Å². The Kier molecular flexibility index (Phi) is 6.18. The molecule has 1 fully saturated rings. The standard InChI is InChI=1S/C16H20F2N2O2.ClH/c17-16(18)22-12-4-5-13-10(8-12)2-1-3-14(13)20-15(21)11-6-7-19-9-11;/h4-5,8,11,14,16,19H,1-3,6-7,9H2,(H,20,21);1H. The molecule has 1 heterocycles. The SMILES string of the molecule is Cl.O=C(NC1CCCc2cc(OC(F)F)ccc21)C1CCNC1. The number of hydrogen-bond donors (Lipinski definition) is 2. The first-order valence-electron chi connectivity index (χ1n) is 7.72. The van der Waals surface area contributed by atoms with Crippen molar-refractivity contribution in [3.8, 4) is 5.75 Å². The van der Waals surface area contributed by atoms with Crippen molar-refractivity contribution in [3.05, 3.63) is 29.3 Å². The van der Waals surface area contributed by atoms with Crippen LogP contribution in [0.2, 0.25) is 0 Å². The van der Waals surface area contributed by atoms with E-state index >= 15 is 0 Å². The van der Waals surface area contributed by atoms with Crippen molar-refractivity contribution in [2.75, 3.05) is 13.1 Å². The number of hydrogen-bond acceptors (Lipinski definition) is 3. The van der Waals surface area contributed by atoms with E-state index in [0.717, 1.165) is 49.9 Å². The predicted molar refractivity (Wildman–Crippen MR) is 85.1 cm³/mol. The third kappa shape index (κ3) is 4.32. The van der Waals surface area contributed by atoms with Crippen LogP contribution in [0, 0.1) is 5.92 Å². The summed E-state index contributed by atoms with van der Waals surface area (Å²) in [6.07, 6.45) is 3.51. The lowest BCUT2D eigenvalue weighted by molar-refractivity contribution is -0.125. The number of fused-ring (bicyclic) bond motifs is 1. The average Bonchev–Trinajstić information content (AvgIpc) is 3.01. The zero-order valence-corrected chi connectivity index (χ0v) is 13.5. The highest BCUT2D eigenvalue weighted by Gasteiger charge is 2.27. The van der Waals surface area contributed by atoms with Gasteiger partial charge in [-0.25, -0.2) is 0 Å². The van der Waals surface area contributed by atoms with Crippen molar-refractivity contribution in [1.82, 2.24) is 10.6 Å². The Bertz CT molecular complexity index is 551. The van der Waals surface area contributed by atoms with E-state index in [1.165, 1.54) is 0 Å². The summed E-state index contributed by atoms with van der Waals surface area (Å²) in [6, 6.07) is 4.98. The molecular formula is C16H21ClF2N2O2. The predicted octanol–water partition coefficient (Wildman–Crippen LogP) is 2.81. The normalized spacial score (nSPS) is 23.1. The molecule has 128 valence electrons. The summed E-state index contributed by atoms with van der Waals surface area (Å²) >= 11 is 0. The number of benzene rings is 1. The summed E-state index contributed by atoms with van der Waals surface area (Å²) in [6.45, 7) is -1.20. The van der Waals surface area contributed by atoms with Gasteiger partial charge in [0.2, 0.25) is 5.91 Å². The molecule has 1 aliphatic carbocycles. The first-order valence-corrected chi connectivity index (χ1v) is 7.72. The van der Waals surface area contributed by atoms with Crippen LogP contribution in [0.3, 0.4) is 0 Å². The summed E-state index contributed by atoms with van der Waals surface area (Å²) in [5.74, 6) is 0.295. The fourth-order valence-electron chi connectivity index (χ4n) is 3.28. The molecule has 0 bridgehead atoms. The lowest BCUT2D eigenvalue weighted by Crippen LogP contribution is -2.36. The van der Waals surface area contributed by atoms with Gasteiger partial charge in [-0.05, 0) is 55.5 Å². The molecule has 2 unspecified atom stereocenters. The molecule has 1 amide bonds. The Morgan fingerprint density at radius 3 is 2.87 bits per heavy atom. The quantitative estimate of drug-likeness (QED) is 0.881. The van der Waals surface area contributed by atoms with Crippen LogP contribution in [0.25, 0.3) is 0 Å². The van der Waals surface area contributed by atoms with Crippen molar-refractivity contribution in [1.29, 1.82) is 0 Å². The summed E-state index contributed by atoms with van der Waals surface area (Å²) in [5.41, 5.74) is 2.01. The molecule has 1 aliphatic heterocycles. The van der Waals surface area contributed by atoms with Gasteiger partial charge in [0.05, 0.1) is 12.0 Å². The van der Waals surface area contributed by atoms with Crippen LogP contribution in [0.15, 0.2) is 18.2 Å². The van der Waals surface area contributed by atoms with Gasteiger partial charge in [0, 0.05) is 6.54 Å². The third-order valence-electron chi connectivity index (χ3n) is 4.40. The van der Waals surface area contributed by atoms with E-state index < -0.39 is 6.61 Å². The van der Waals surface area contributed by atoms with Gasteiger partial charge < -0.3 is 15.4 Å². The molecule has 4 nitrogen and oxygen atoms in total. The van der Waals surface area contributed by atoms with Gasteiger partial charge in [0.15, 0.2) is 0 Å². The molecule has 3 rings (SSSR count). The number of amides is 1. The number of ether oxygens (including phenoxy) is 1. The minimum atomic E-state index is -2.81. The van der Waals surface area contributed by atoms with Crippen molar-refractivity contribution in [3.63, 3.8) is 0 Å². The summed E-state index contributed by atoms with van der Waals surface area (Å²) in [4.78, 5) is 12.3. The fourth-order valence-corrected chi connectivity index (χ4v) is 3.28. The number of aryl methyl sites for hydroxylation is 1. The lowest BCUT2D eigenvalue weighted by Gasteiger charge is -2.27. The van der Waals surface area contributed by atoms with Crippen LogP contribution < -0.4 is 15.4 Å². The van der Waals surface area contributed by atoms with Gasteiger partial charge in [0.25, 0.3) is 0 Å². The topological polar surface area (TPSA) is 50.4 Å². The van der Waals surface area contributed by atoms with Crippen LogP contribution >= 0.6 is 12.4 Å². The van der Waals surface area contributed by atoms with E-state index in [4.69, 9.17) is 0 Å². The third-order valence-corrected chi connectivity index (χ3v) is 4.40. The second-order valence-electron chi connectivity index (χ2n) is 5.88. The van der Waals surface area contributed by atoms with E-state index in [1.807, 2.05) is 0 Å². The Hall–Kier alpha value is -1.40. The summed E-state index contributed by atoms with van der Waals surface area (Å²) < 4.78 is 29.0. The maximum Gasteiger partial charge on any atom is 0.387 e. The lowest BCUT2D eigenvalue weighted by atomic mass is 9.87. The van der Waals surface area contributed by atoms with Crippen molar-refractivity contribution in [2.45, 2.75) is 38.3 Å². The molecule has 2 atom stereocenters. The van der Waals surface area contributed by atoms with Gasteiger partial charge in [-0.1, -0.05) is 6.07 Å². The number of carbonyl (C=O) groups excluding carboxylic acids is 1. The van der Waals surface area contributed by atoms with E-state index in [9.17, 15) is 13.6 Å². The molecular weight excluding hydrogens is 326 g/mol. The van der Waals surface area contributed by atoms with E-state index in [-0.39, 0.29) is 36.0 Å². The Balaban J connectivity index is 0.00000192. The van der Waals surface area contributed by atoms with Crippen molar-refractivity contribution < 1.29 is 18.3 Å². The molecule has 7 heteroatoms. The monoisotopic (exact) mass is 346 g/mol. The van der Waals surface area contributed by atoms with Gasteiger partial charge in [-0.3, -0.25) is 4.79 Å². The molecule has 1 aromatic rings. The Morgan fingerprint density at radius 2 is 2.17 bits per heavy atom. The molecule has 2 N–H and O–H groups in total. The van der Waals surface area contributed by atoms with Crippen LogP contribution in [-0.4, -0.2) is 25.6 Å². The smallest absolute Gasteiger partial charge is 0.387 e. The minimum absolute atomic E-state index is 0. The highest BCUT2D eigenvalue weighted by atomic mass is 35.5. The minimum Gasteiger partial charge on any atom is -0.435 e. The number of alkyl halides is 2. The summed E-state index contributed by atoms with van der Waals surface area (Å²) in [5, 5.41) is 6.30. The molecule has 0 spiro atoms. The molecule has 0 radical (unpaired) electrons. The number of nitrogens with one attached hydrogen (secondary N) is 2. The largest absolute Gasteiger partial charge is 0.435 e. The second-order valence-corrected chi connectivity index (χ2v) is 5.88. The molecule has 0 aromatic heterocycles. The fraction of sp³-hybridized carbons (Fsp3) is 0.562. The molecule has 1 aromatic carbocycles. The molecule has 23 heavy (non-hydrogen) atoms. The summed E-state index contributed by atoms with van der Waals surface area (Å²) in [7, 11) is 0. The van der Waals surface area contributed by atoms with Crippen LogP contribution in [0.1, 0.15) is 36.4 Å². The van der Waals surface area contributed by atoms with Crippen LogP contribution in [-0.2, 0) is 11.2 Å². The molecule has 0 saturated carbocycles. The maximum absolute atomic E-state index is 12.3. The van der Waals surface area contributed by atoms with E-state index in [0.29, 0.717) is 0 Å². The Morgan fingerprint density at radius 1 is 1.35 bits per heavy atom. The van der Waals surface area contributed by atoms with Crippen LogP contribution in [0.4, 0.5) is 8.78 Å². The van der Waals surface area contributed by atoms with Gasteiger partial charge in [-0.15, -0.1) is 12.4 Å². The number of halogens is 3. The molecule has 1 saturated heterocycles. The van der Waals surface area contributed by atoms with Gasteiger partial charge >= 0.3 is 6.61 Å². The zero-order chi connectivity index (χ0) is 15.5. The van der Waals surface area contributed by atoms with Gasteiger partial charge in [0.1, 0.15) is 5.75 Å².